The molecule has 2 aliphatic rings. The van der Waals surface area contributed by atoms with Gasteiger partial charge in [0.15, 0.2) is 0 Å². The van der Waals surface area contributed by atoms with Gasteiger partial charge in [0.25, 0.3) is 0 Å². The summed E-state index contributed by atoms with van der Waals surface area (Å²) in [5, 5.41) is 0. The minimum absolute atomic E-state index is 0.221. The van der Waals surface area contributed by atoms with Crippen LogP contribution in [0.4, 0.5) is 0 Å². The average molecular weight is 226 g/mol. The highest BCUT2D eigenvalue weighted by atomic mass is 16.1. The van der Waals surface area contributed by atoms with Crippen molar-refractivity contribution in [2.45, 2.75) is 31.3 Å². The molecule has 0 saturated carbocycles. The monoisotopic (exact) mass is 226 g/mol. The van der Waals surface area contributed by atoms with Crippen LogP contribution in [-0.2, 0) is 4.79 Å². The maximum Gasteiger partial charge on any atom is 0.231 e. The predicted molar refractivity (Wildman–Crippen MR) is 62.8 cm³/mol. The van der Waals surface area contributed by atoms with Gasteiger partial charge in [-0.1, -0.05) is 0 Å². The van der Waals surface area contributed by atoms with E-state index in [1.807, 2.05) is 0 Å². The van der Waals surface area contributed by atoms with Gasteiger partial charge >= 0.3 is 0 Å². The number of carbonyl (C=O) groups is 1. The molecule has 0 bridgehead atoms. The van der Waals surface area contributed by atoms with Gasteiger partial charge in [0, 0.05) is 25.2 Å². The normalized spacial score (nSPS) is 29.7. The Morgan fingerprint density at radius 1 is 1.19 bits per heavy atom. The van der Waals surface area contributed by atoms with E-state index in [4.69, 9.17) is 11.5 Å². The lowest BCUT2D eigenvalue weighted by Gasteiger charge is -2.34. The molecular weight excluding hydrogens is 204 g/mol. The van der Waals surface area contributed by atoms with Crippen LogP contribution in [0.1, 0.15) is 19.3 Å². The minimum atomic E-state index is -0.221. The summed E-state index contributed by atoms with van der Waals surface area (Å²) in [6.45, 7) is 4.60. The first-order valence-corrected chi connectivity index (χ1v) is 6.15. The Kier molecular flexibility index (Phi) is 3.78. The number of carbonyl (C=O) groups excluding carboxylic acids is 1. The molecule has 0 aromatic carbocycles. The van der Waals surface area contributed by atoms with Crippen LogP contribution in [-0.4, -0.2) is 60.5 Å². The van der Waals surface area contributed by atoms with Crippen molar-refractivity contribution in [3.63, 3.8) is 0 Å². The second-order valence-corrected chi connectivity index (χ2v) is 5.02. The fraction of sp³-hybridized carbons (Fsp3) is 0.909. The highest BCUT2D eigenvalue weighted by Gasteiger charge is 2.29. The molecular formula is C11H22N4O. The second kappa shape index (κ2) is 5.12. The topological polar surface area (TPSA) is 75.6 Å². The Balaban J connectivity index is 1.77. The summed E-state index contributed by atoms with van der Waals surface area (Å²) in [5.41, 5.74) is 11.1. The summed E-state index contributed by atoms with van der Waals surface area (Å²) in [5.74, 6) is -0.221. The molecule has 2 rings (SSSR count). The summed E-state index contributed by atoms with van der Waals surface area (Å²) in [6.07, 6.45) is 3.36. The van der Waals surface area contributed by atoms with Gasteiger partial charge in [0.05, 0.1) is 6.54 Å². The van der Waals surface area contributed by atoms with Gasteiger partial charge in [-0.2, -0.15) is 0 Å². The van der Waals surface area contributed by atoms with Crippen molar-refractivity contribution in [3.8, 4) is 0 Å². The second-order valence-electron chi connectivity index (χ2n) is 5.02. The molecule has 5 nitrogen and oxygen atoms in total. The molecule has 2 heterocycles. The van der Waals surface area contributed by atoms with E-state index in [0.717, 1.165) is 45.4 Å². The number of rotatable bonds is 3. The summed E-state index contributed by atoms with van der Waals surface area (Å²) < 4.78 is 0. The molecule has 1 amide bonds. The van der Waals surface area contributed by atoms with E-state index in [0.29, 0.717) is 18.6 Å². The Labute approximate surface area is 96.7 Å². The number of amides is 1. The molecule has 0 radical (unpaired) electrons. The fourth-order valence-corrected chi connectivity index (χ4v) is 2.76. The van der Waals surface area contributed by atoms with Crippen LogP contribution < -0.4 is 11.5 Å². The standard InChI is InChI=1S/C11H22N4O/c12-9-1-5-15(6-2-9)10-3-4-14(7-10)8-11(13)16/h9-10H,1-8,12H2,(H2,13,16). The molecule has 2 aliphatic heterocycles. The molecule has 0 aromatic heterocycles. The fourth-order valence-electron chi connectivity index (χ4n) is 2.76. The maximum atomic E-state index is 10.8. The van der Waals surface area contributed by atoms with Gasteiger partial charge in [-0.05, 0) is 32.4 Å². The third-order valence-electron chi connectivity index (χ3n) is 3.72. The number of likely N-dealkylation sites (tertiary alicyclic amines) is 2. The Morgan fingerprint density at radius 3 is 2.50 bits per heavy atom. The first-order valence-electron chi connectivity index (χ1n) is 6.15. The van der Waals surface area contributed by atoms with E-state index in [9.17, 15) is 4.79 Å². The number of nitrogens with zero attached hydrogens (tertiary/aromatic N) is 2. The van der Waals surface area contributed by atoms with Gasteiger partial charge in [-0.15, -0.1) is 0 Å². The smallest absolute Gasteiger partial charge is 0.231 e. The van der Waals surface area contributed by atoms with Gasteiger partial charge in [0.2, 0.25) is 5.91 Å². The Hall–Kier alpha value is -0.650. The third-order valence-corrected chi connectivity index (χ3v) is 3.72. The SMILES string of the molecule is NC(=O)CN1CCC(N2CCC(N)CC2)C1. The largest absolute Gasteiger partial charge is 0.369 e. The van der Waals surface area contributed by atoms with Crippen LogP contribution in [0.2, 0.25) is 0 Å². The first kappa shape index (κ1) is 11.8. The van der Waals surface area contributed by atoms with Crippen molar-refractivity contribution >= 4 is 5.91 Å². The highest BCUT2D eigenvalue weighted by Crippen LogP contribution is 2.19. The van der Waals surface area contributed by atoms with E-state index in [2.05, 4.69) is 9.80 Å². The number of nitrogens with two attached hydrogens (primary N) is 2. The summed E-state index contributed by atoms with van der Waals surface area (Å²) in [7, 11) is 0. The lowest BCUT2D eigenvalue weighted by atomic mass is 10.0. The molecule has 4 N–H and O–H groups in total. The lowest BCUT2D eigenvalue weighted by molar-refractivity contribution is -0.118. The van der Waals surface area contributed by atoms with Crippen LogP contribution in [0, 0.1) is 0 Å². The van der Waals surface area contributed by atoms with Gasteiger partial charge < -0.3 is 11.5 Å². The Bertz CT molecular complexity index is 250. The molecule has 2 saturated heterocycles. The van der Waals surface area contributed by atoms with E-state index in [1.54, 1.807) is 0 Å². The van der Waals surface area contributed by atoms with Gasteiger partial charge in [-0.3, -0.25) is 14.6 Å². The third kappa shape index (κ3) is 2.93. The summed E-state index contributed by atoms with van der Waals surface area (Å²) >= 11 is 0. The molecule has 1 unspecified atom stereocenters. The van der Waals surface area contributed by atoms with Crippen molar-refractivity contribution in [1.29, 1.82) is 0 Å². The van der Waals surface area contributed by atoms with Crippen molar-refractivity contribution in [1.82, 2.24) is 9.80 Å². The summed E-state index contributed by atoms with van der Waals surface area (Å²) in [4.78, 5) is 15.5. The van der Waals surface area contributed by atoms with Crippen LogP contribution in [0.25, 0.3) is 0 Å². The first-order chi connectivity index (χ1) is 7.65. The summed E-state index contributed by atoms with van der Waals surface area (Å²) in [6, 6.07) is 0.992. The molecule has 16 heavy (non-hydrogen) atoms. The Morgan fingerprint density at radius 2 is 1.88 bits per heavy atom. The molecule has 2 fully saturated rings. The van der Waals surface area contributed by atoms with E-state index < -0.39 is 0 Å². The van der Waals surface area contributed by atoms with Crippen LogP contribution >= 0.6 is 0 Å². The van der Waals surface area contributed by atoms with Gasteiger partial charge in [-0.25, -0.2) is 0 Å². The maximum absolute atomic E-state index is 10.8. The quantitative estimate of drug-likeness (QED) is 0.645. The number of hydrogen-bond donors (Lipinski definition) is 2. The van der Waals surface area contributed by atoms with Crippen molar-refractivity contribution in [3.05, 3.63) is 0 Å². The number of hydrogen-bond acceptors (Lipinski definition) is 4. The van der Waals surface area contributed by atoms with E-state index in [1.165, 1.54) is 0 Å². The average Bonchev–Trinajstić information content (AvgIpc) is 2.66. The van der Waals surface area contributed by atoms with Crippen LogP contribution in [0.3, 0.4) is 0 Å². The lowest BCUT2D eigenvalue weighted by Crippen LogP contribution is -2.46. The number of piperidine rings is 1. The van der Waals surface area contributed by atoms with E-state index >= 15 is 0 Å². The van der Waals surface area contributed by atoms with Crippen molar-refractivity contribution < 1.29 is 4.79 Å². The predicted octanol–water partition coefficient (Wildman–Crippen LogP) is -1.03. The molecule has 5 heteroatoms. The molecule has 0 spiro atoms. The van der Waals surface area contributed by atoms with Crippen LogP contribution in [0.5, 0.6) is 0 Å². The zero-order valence-electron chi connectivity index (χ0n) is 9.77. The molecule has 0 aliphatic carbocycles. The molecule has 0 aromatic rings. The zero-order valence-corrected chi connectivity index (χ0v) is 9.77. The molecule has 92 valence electrons. The molecule has 1 atom stereocenters. The number of primary amides is 1. The van der Waals surface area contributed by atoms with Crippen LogP contribution in [0.15, 0.2) is 0 Å². The minimum Gasteiger partial charge on any atom is -0.369 e. The van der Waals surface area contributed by atoms with Gasteiger partial charge in [0.1, 0.15) is 0 Å². The van der Waals surface area contributed by atoms with Crippen molar-refractivity contribution in [2.24, 2.45) is 11.5 Å². The zero-order chi connectivity index (χ0) is 11.5. The van der Waals surface area contributed by atoms with Crippen molar-refractivity contribution in [2.75, 3.05) is 32.7 Å². The highest BCUT2D eigenvalue weighted by molar-refractivity contribution is 5.75. The van der Waals surface area contributed by atoms with E-state index in [-0.39, 0.29) is 5.91 Å².